The molecule has 0 amide bonds. The van der Waals surface area contributed by atoms with Crippen LogP contribution >= 0.6 is 0 Å². The average molecular weight is 271 g/mol. The number of hydrogen-bond acceptors (Lipinski definition) is 4. The van der Waals surface area contributed by atoms with Crippen LogP contribution in [0.3, 0.4) is 0 Å². The lowest BCUT2D eigenvalue weighted by atomic mass is 9.77. The lowest BCUT2D eigenvalue weighted by Crippen LogP contribution is -2.48. The van der Waals surface area contributed by atoms with Crippen molar-refractivity contribution >= 4 is 0 Å². The summed E-state index contributed by atoms with van der Waals surface area (Å²) in [5, 5.41) is 0. The van der Waals surface area contributed by atoms with Crippen LogP contribution in [0.1, 0.15) is 45.4 Å². The summed E-state index contributed by atoms with van der Waals surface area (Å²) in [5.74, 6) is 0.605. The van der Waals surface area contributed by atoms with Crippen molar-refractivity contribution in [3.8, 4) is 0 Å². The minimum Gasteiger partial charge on any atom is -0.382 e. The van der Waals surface area contributed by atoms with E-state index in [0.29, 0.717) is 12.0 Å². The summed E-state index contributed by atoms with van der Waals surface area (Å²) in [4.78, 5) is 0. The third-order valence-electron chi connectivity index (χ3n) is 4.57. The van der Waals surface area contributed by atoms with Crippen LogP contribution in [0.25, 0.3) is 0 Å². The van der Waals surface area contributed by atoms with Crippen molar-refractivity contribution in [1.82, 2.24) is 0 Å². The highest BCUT2D eigenvalue weighted by atomic mass is 16.5. The zero-order valence-electron chi connectivity index (χ0n) is 12.2. The fourth-order valence-corrected chi connectivity index (χ4v) is 3.32. The molecule has 2 heterocycles. The Bertz CT molecular complexity index is 248. The molecule has 0 radical (unpaired) electrons. The molecule has 1 spiro atoms. The third kappa shape index (κ3) is 4.42. The van der Waals surface area contributed by atoms with Crippen molar-refractivity contribution in [1.29, 1.82) is 0 Å². The van der Waals surface area contributed by atoms with Gasteiger partial charge in [0.1, 0.15) is 0 Å². The summed E-state index contributed by atoms with van der Waals surface area (Å²) in [6.07, 6.45) is 6.44. The van der Waals surface area contributed by atoms with E-state index in [9.17, 15) is 0 Å². The molecule has 0 aromatic rings. The van der Waals surface area contributed by atoms with Crippen molar-refractivity contribution in [2.45, 2.75) is 57.1 Å². The SMILES string of the molecule is CCOCCCC(N)C1CCOC2(CCOCC2)C1. The highest BCUT2D eigenvalue weighted by Crippen LogP contribution is 2.38. The third-order valence-corrected chi connectivity index (χ3v) is 4.57. The van der Waals surface area contributed by atoms with Gasteiger partial charge in [0.25, 0.3) is 0 Å². The van der Waals surface area contributed by atoms with Gasteiger partial charge in [0, 0.05) is 39.1 Å². The van der Waals surface area contributed by atoms with E-state index in [2.05, 4.69) is 0 Å². The lowest BCUT2D eigenvalue weighted by Gasteiger charge is -2.44. The second-order valence-electron chi connectivity index (χ2n) is 5.90. The smallest absolute Gasteiger partial charge is 0.0729 e. The Kier molecular flexibility index (Phi) is 6.07. The van der Waals surface area contributed by atoms with Crippen LogP contribution in [0.4, 0.5) is 0 Å². The molecule has 2 saturated heterocycles. The molecular weight excluding hydrogens is 242 g/mol. The van der Waals surface area contributed by atoms with Crippen LogP contribution < -0.4 is 5.73 Å². The van der Waals surface area contributed by atoms with E-state index in [1.165, 1.54) is 0 Å². The summed E-state index contributed by atoms with van der Waals surface area (Å²) in [7, 11) is 0. The average Bonchev–Trinajstić information content (AvgIpc) is 2.44. The highest BCUT2D eigenvalue weighted by molar-refractivity contribution is 4.91. The van der Waals surface area contributed by atoms with E-state index in [1.807, 2.05) is 6.92 Å². The normalized spacial score (nSPS) is 28.4. The molecule has 0 bridgehead atoms. The first-order valence-electron chi connectivity index (χ1n) is 7.81. The van der Waals surface area contributed by atoms with E-state index >= 15 is 0 Å². The number of ether oxygens (including phenoxy) is 3. The van der Waals surface area contributed by atoms with Crippen LogP contribution in [-0.2, 0) is 14.2 Å². The second kappa shape index (κ2) is 7.58. The quantitative estimate of drug-likeness (QED) is 0.752. The first-order chi connectivity index (χ1) is 9.26. The zero-order chi connectivity index (χ0) is 13.6. The van der Waals surface area contributed by atoms with Crippen molar-refractivity contribution in [2.75, 3.05) is 33.0 Å². The van der Waals surface area contributed by atoms with Crippen molar-refractivity contribution in [3.63, 3.8) is 0 Å². The molecule has 4 nitrogen and oxygen atoms in total. The maximum atomic E-state index is 6.38. The van der Waals surface area contributed by atoms with Gasteiger partial charge >= 0.3 is 0 Å². The van der Waals surface area contributed by atoms with Gasteiger partial charge in [0.05, 0.1) is 5.60 Å². The predicted octanol–water partition coefficient (Wildman–Crippen LogP) is 2.11. The molecule has 2 aliphatic heterocycles. The summed E-state index contributed by atoms with van der Waals surface area (Å²) < 4.78 is 16.9. The highest BCUT2D eigenvalue weighted by Gasteiger charge is 2.40. The van der Waals surface area contributed by atoms with Gasteiger partial charge in [-0.1, -0.05) is 0 Å². The van der Waals surface area contributed by atoms with E-state index < -0.39 is 0 Å². The van der Waals surface area contributed by atoms with Gasteiger partial charge in [0.2, 0.25) is 0 Å². The summed E-state index contributed by atoms with van der Waals surface area (Å²) in [6, 6.07) is 0.295. The monoisotopic (exact) mass is 271 g/mol. The number of nitrogens with two attached hydrogens (primary N) is 1. The topological polar surface area (TPSA) is 53.7 Å². The molecule has 0 aromatic carbocycles. The van der Waals surface area contributed by atoms with Crippen molar-refractivity contribution in [3.05, 3.63) is 0 Å². The van der Waals surface area contributed by atoms with Gasteiger partial charge in [-0.3, -0.25) is 0 Å². The van der Waals surface area contributed by atoms with Crippen LogP contribution in [-0.4, -0.2) is 44.7 Å². The number of rotatable bonds is 6. The van der Waals surface area contributed by atoms with Gasteiger partial charge < -0.3 is 19.9 Å². The Morgan fingerprint density at radius 1 is 1.32 bits per heavy atom. The molecule has 2 N–H and O–H groups in total. The van der Waals surface area contributed by atoms with E-state index in [4.69, 9.17) is 19.9 Å². The van der Waals surface area contributed by atoms with Crippen LogP contribution in [0.5, 0.6) is 0 Å². The second-order valence-corrected chi connectivity index (χ2v) is 5.90. The molecule has 0 aromatic heterocycles. The molecule has 0 aliphatic carbocycles. The molecular formula is C15H29NO3. The van der Waals surface area contributed by atoms with Crippen LogP contribution in [0.2, 0.25) is 0 Å². The summed E-state index contributed by atoms with van der Waals surface area (Å²) in [5.41, 5.74) is 6.45. The minimum atomic E-state index is 0.0682. The first-order valence-corrected chi connectivity index (χ1v) is 7.81. The van der Waals surface area contributed by atoms with Gasteiger partial charge in [-0.2, -0.15) is 0 Å². The predicted molar refractivity (Wildman–Crippen MR) is 75.2 cm³/mol. The molecule has 2 atom stereocenters. The van der Waals surface area contributed by atoms with E-state index in [1.54, 1.807) is 0 Å². The van der Waals surface area contributed by atoms with E-state index in [-0.39, 0.29) is 5.60 Å². The molecule has 4 heteroatoms. The molecule has 112 valence electrons. The van der Waals surface area contributed by atoms with Crippen molar-refractivity contribution < 1.29 is 14.2 Å². The Morgan fingerprint density at radius 2 is 2.11 bits per heavy atom. The van der Waals surface area contributed by atoms with Gasteiger partial charge in [-0.05, 0) is 51.4 Å². The summed E-state index contributed by atoms with van der Waals surface area (Å²) >= 11 is 0. The maximum absolute atomic E-state index is 6.38. The molecule has 2 unspecified atom stereocenters. The standard InChI is InChI=1S/C15H29NO3/c1-2-17-8-3-4-14(16)13-5-9-19-15(12-13)6-10-18-11-7-15/h13-14H,2-12,16H2,1H3. The van der Waals surface area contributed by atoms with E-state index in [0.717, 1.165) is 71.6 Å². The Balaban J connectivity index is 1.76. The minimum absolute atomic E-state index is 0.0682. The van der Waals surface area contributed by atoms with Crippen LogP contribution in [0.15, 0.2) is 0 Å². The fraction of sp³-hybridized carbons (Fsp3) is 1.00. The first kappa shape index (κ1) is 15.2. The Labute approximate surface area is 117 Å². The van der Waals surface area contributed by atoms with Gasteiger partial charge in [-0.15, -0.1) is 0 Å². The Hall–Kier alpha value is -0.160. The molecule has 2 fully saturated rings. The van der Waals surface area contributed by atoms with Crippen molar-refractivity contribution in [2.24, 2.45) is 11.7 Å². The maximum Gasteiger partial charge on any atom is 0.0729 e. The molecule has 2 rings (SSSR count). The lowest BCUT2D eigenvalue weighted by molar-refractivity contribution is -0.149. The zero-order valence-corrected chi connectivity index (χ0v) is 12.2. The molecule has 0 saturated carbocycles. The molecule has 19 heavy (non-hydrogen) atoms. The largest absolute Gasteiger partial charge is 0.382 e. The molecule has 2 aliphatic rings. The van der Waals surface area contributed by atoms with Gasteiger partial charge in [-0.25, -0.2) is 0 Å². The van der Waals surface area contributed by atoms with Gasteiger partial charge in [0.15, 0.2) is 0 Å². The fourth-order valence-electron chi connectivity index (χ4n) is 3.32. The van der Waals surface area contributed by atoms with Crippen LogP contribution in [0, 0.1) is 5.92 Å². The summed E-state index contributed by atoms with van der Waals surface area (Å²) in [6.45, 7) is 6.22. The Morgan fingerprint density at radius 3 is 2.84 bits per heavy atom. The number of hydrogen-bond donors (Lipinski definition) is 1.